The number of aromatic nitrogens is 2. The average molecular weight is 487 g/mol. The van der Waals surface area contributed by atoms with Crippen LogP contribution in [0, 0.1) is 0 Å². The first-order valence-corrected chi connectivity index (χ1v) is 12.0. The van der Waals surface area contributed by atoms with Crippen molar-refractivity contribution in [3.63, 3.8) is 0 Å². The summed E-state index contributed by atoms with van der Waals surface area (Å²) in [7, 11) is 0. The van der Waals surface area contributed by atoms with Crippen LogP contribution >= 0.6 is 0 Å². The predicted molar refractivity (Wildman–Crippen MR) is 133 cm³/mol. The van der Waals surface area contributed by atoms with Crippen LogP contribution in [0.4, 0.5) is 11.5 Å². The number of aromatic amines is 1. The Hall–Kier alpha value is -3.69. The number of ketones is 1. The van der Waals surface area contributed by atoms with Gasteiger partial charge in [-0.25, -0.2) is 4.79 Å². The van der Waals surface area contributed by atoms with Crippen molar-refractivity contribution in [1.82, 2.24) is 9.55 Å². The number of hydrogen-bond acceptors (Lipinski definition) is 7. The lowest BCUT2D eigenvalue weighted by molar-refractivity contribution is -0.147. The van der Waals surface area contributed by atoms with Crippen LogP contribution in [-0.2, 0) is 20.9 Å². The number of carbonyl (C=O) groups excluding carboxylic acids is 3. The van der Waals surface area contributed by atoms with Crippen LogP contribution in [0.5, 0.6) is 0 Å². The highest BCUT2D eigenvalue weighted by molar-refractivity contribution is 5.98. The fraction of sp³-hybridized carbons (Fsp3) is 0.480. The van der Waals surface area contributed by atoms with Gasteiger partial charge in [-0.05, 0) is 12.8 Å². The van der Waals surface area contributed by atoms with Crippen molar-refractivity contribution < 1.29 is 19.1 Å². The van der Waals surface area contributed by atoms with Crippen molar-refractivity contribution in [3.8, 4) is 0 Å². The van der Waals surface area contributed by atoms with Crippen molar-refractivity contribution in [2.45, 2.75) is 65.3 Å². The third kappa shape index (κ3) is 7.94. The number of rotatable bonds is 14. The number of nitrogens with two attached hydrogens (primary N) is 1. The molecule has 10 heteroatoms. The van der Waals surface area contributed by atoms with Gasteiger partial charge in [0.05, 0.1) is 6.42 Å². The van der Waals surface area contributed by atoms with Crippen molar-refractivity contribution >= 4 is 29.2 Å². The molecule has 1 amide bonds. The first-order valence-electron chi connectivity index (χ1n) is 12.0. The van der Waals surface area contributed by atoms with E-state index in [0.29, 0.717) is 24.9 Å². The molecular formula is C25H34N4O6. The summed E-state index contributed by atoms with van der Waals surface area (Å²) in [6, 6.07) is 8.57. The molecule has 0 radical (unpaired) electrons. The van der Waals surface area contributed by atoms with Gasteiger partial charge >= 0.3 is 11.7 Å². The number of hydrogen-bond donors (Lipinski definition) is 2. The summed E-state index contributed by atoms with van der Waals surface area (Å²) < 4.78 is 6.33. The first kappa shape index (κ1) is 27.6. The monoisotopic (exact) mass is 486 g/mol. The van der Waals surface area contributed by atoms with Crippen LogP contribution in [0.15, 0.2) is 39.9 Å². The maximum absolute atomic E-state index is 13.0. The second-order valence-corrected chi connectivity index (χ2v) is 8.20. The normalized spacial score (nSPS) is 10.7. The molecule has 0 aliphatic rings. The standard InChI is InChI=1S/C25H34N4O6/c1-3-5-10-16-28(22-23(26)29(15-6-4-2)25(34)27-24(22)33)20(31)17-35-21(32)14-13-19(30)18-11-8-7-9-12-18/h7-9,11-12H,3-6,10,13-17,26H2,1-2H3,(H,27,33,34). The average Bonchev–Trinajstić information content (AvgIpc) is 2.85. The molecule has 0 unspecified atom stereocenters. The number of benzene rings is 1. The van der Waals surface area contributed by atoms with Gasteiger partial charge in [0.1, 0.15) is 5.82 Å². The number of ether oxygens (including phenoxy) is 1. The Kier molecular flexibility index (Phi) is 10.9. The maximum Gasteiger partial charge on any atom is 0.330 e. The van der Waals surface area contributed by atoms with Crippen molar-refractivity contribution in [2.24, 2.45) is 0 Å². The van der Waals surface area contributed by atoms with Crippen molar-refractivity contribution in [2.75, 3.05) is 23.8 Å². The lowest BCUT2D eigenvalue weighted by Crippen LogP contribution is -2.43. The highest BCUT2D eigenvalue weighted by Gasteiger charge is 2.25. The Morgan fingerprint density at radius 1 is 1.00 bits per heavy atom. The lowest BCUT2D eigenvalue weighted by atomic mass is 10.1. The van der Waals surface area contributed by atoms with Gasteiger partial charge in [0.15, 0.2) is 18.1 Å². The summed E-state index contributed by atoms with van der Waals surface area (Å²) in [6.07, 6.45) is 3.52. The van der Waals surface area contributed by atoms with Crippen molar-refractivity contribution in [1.29, 1.82) is 0 Å². The molecule has 0 bridgehead atoms. The fourth-order valence-electron chi connectivity index (χ4n) is 3.53. The van der Waals surface area contributed by atoms with E-state index >= 15 is 0 Å². The van der Waals surface area contributed by atoms with E-state index in [9.17, 15) is 24.0 Å². The molecule has 35 heavy (non-hydrogen) atoms. The van der Waals surface area contributed by atoms with E-state index in [1.807, 2.05) is 13.8 Å². The van der Waals surface area contributed by atoms with Crippen molar-refractivity contribution in [3.05, 3.63) is 56.7 Å². The Balaban J connectivity index is 2.12. The molecule has 0 saturated heterocycles. The first-order chi connectivity index (χ1) is 16.8. The molecule has 2 rings (SSSR count). The van der Waals surface area contributed by atoms with Gasteiger partial charge in [-0.3, -0.25) is 28.7 Å². The van der Waals surface area contributed by atoms with Gasteiger partial charge in [0, 0.05) is 25.1 Å². The van der Waals surface area contributed by atoms with Crippen LogP contribution in [0.25, 0.3) is 0 Å². The number of amides is 1. The highest BCUT2D eigenvalue weighted by atomic mass is 16.5. The minimum absolute atomic E-state index is 0.0493. The number of nitrogens with zero attached hydrogens (tertiary/aromatic N) is 2. The molecule has 2 aromatic rings. The van der Waals surface area contributed by atoms with E-state index in [0.717, 1.165) is 19.3 Å². The van der Waals surface area contributed by atoms with E-state index in [2.05, 4.69) is 4.98 Å². The third-order valence-electron chi connectivity index (χ3n) is 5.51. The molecule has 1 heterocycles. The molecule has 0 fully saturated rings. The zero-order valence-corrected chi connectivity index (χ0v) is 20.4. The molecule has 3 N–H and O–H groups in total. The number of carbonyl (C=O) groups is 3. The van der Waals surface area contributed by atoms with Crippen LogP contribution < -0.4 is 21.9 Å². The number of anilines is 2. The fourth-order valence-corrected chi connectivity index (χ4v) is 3.53. The molecule has 0 aliphatic carbocycles. The van der Waals surface area contributed by atoms with Crippen LogP contribution in [0.1, 0.15) is 69.2 Å². The van der Waals surface area contributed by atoms with Gasteiger partial charge in [-0.2, -0.15) is 0 Å². The second kappa shape index (κ2) is 13.9. The summed E-state index contributed by atoms with van der Waals surface area (Å²) in [6.45, 7) is 3.81. The molecule has 190 valence electrons. The Labute approximate surface area is 204 Å². The molecule has 0 atom stereocenters. The second-order valence-electron chi connectivity index (χ2n) is 8.20. The summed E-state index contributed by atoms with van der Waals surface area (Å²) in [5.74, 6) is -1.65. The smallest absolute Gasteiger partial charge is 0.330 e. The van der Waals surface area contributed by atoms with Crippen LogP contribution in [0.2, 0.25) is 0 Å². The Morgan fingerprint density at radius 2 is 1.69 bits per heavy atom. The maximum atomic E-state index is 13.0. The predicted octanol–water partition coefficient (Wildman–Crippen LogP) is 2.65. The largest absolute Gasteiger partial charge is 0.456 e. The minimum atomic E-state index is -0.773. The molecule has 10 nitrogen and oxygen atoms in total. The Bertz CT molecular complexity index is 1120. The topological polar surface area (TPSA) is 145 Å². The summed E-state index contributed by atoms with van der Waals surface area (Å²) in [5.41, 5.74) is 5.12. The lowest BCUT2D eigenvalue weighted by Gasteiger charge is -2.24. The van der Waals surface area contributed by atoms with Crippen LogP contribution in [-0.4, -0.2) is 40.4 Å². The van der Waals surface area contributed by atoms with E-state index in [-0.39, 0.29) is 36.7 Å². The minimum Gasteiger partial charge on any atom is -0.456 e. The van der Waals surface area contributed by atoms with E-state index < -0.39 is 29.7 Å². The number of Topliss-reactive ketones (excluding diaryl/α,β-unsaturated/α-hetero) is 1. The summed E-state index contributed by atoms with van der Waals surface area (Å²) >= 11 is 0. The zero-order chi connectivity index (χ0) is 25.8. The SMILES string of the molecule is CCCCCN(C(=O)COC(=O)CCC(=O)c1ccccc1)c1c(N)n(CCCC)c(=O)[nH]c1=O. The Morgan fingerprint density at radius 3 is 2.34 bits per heavy atom. The number of nitrogen functional groups attached to an aromatic ring is 1. The molecule has 0 aliphatic heterocycles. The molecule has 0 spiro atoms. The van der Waals surface area contributed by atoms with E-state index in [1.165, 1.54) is 9.47 Å². The zero-order valence-electron chi connectivity index (χ0n) is 20.4. The number of nitrogens with one attached hydrogen (secondary N) is 1. The van der Waals surface area contributed by atoms with Gasteiger partial charge < -0.3 is 15.4 Å². The molecular weight excluding hydrogens is 452 g/mol. The van der Waals surface area contributed by atoms with Gasteiger partial charge in [-0.15, -0.1) is 0 Å². The molecule has 1 aromatic carbocycles. The molecule has 1 aromatic heterocycles. The molecule has 0 saturated carbocycles. The summed E-state index contributed by atoms with van der Waals surface area (Å²) in [4.78, 5) is 65.6. The third-order valence-corrected chi connectivity index (χ3v) is 5.51. The quantitative estimate of drug-likeness (QED) is 0.237. The number of H-pyrrole nitrogens is 1. The van der Waals surface area contributed by atoms with Gasteiger partial charge in [0.2, 0.25) is 0 Å². The van der Waals surface area contributed by atoms with Gasteiger partial charge in [-0.1, -0.05) is 63.4 Å². The highest BCUT2D eigenvalue weighted by Crippen LogP contribution is 2.19. The van der Waals surface area contributed by atoms with E-state index in [4.69, 9.17) is 10.5 Å². The number of unbranched alkanes of at least 4 members (excludes halogenated alkanes) is 3. The van der Waals surface area contributed by atoms with Crippen LogP contribution in [0.3, 0.4) is 0 Å². The van der Waals surface area contributed by atoms with Gasteiger partial charge in [0.25, 0.3) is 11.5 Å². The summed E-state index contributed by atoms with van der Waals surface area (Å²) in [5, 5.41) is 0. The number of esters is 1. The van der Waals surface area contributed by atoms with E-state index in [1.54, 1.807) is 30.3 Å².